The maximum absolute atomic E-state index is 13.9. The summed E-state index contributed by atoms with van der Waals surface area (Å²) in [5.74, 6) is -1.75. The molecule has 1 atom stereocenters. The highest BCUT2D eigenvalue weighted by Gasteiger charge is 2.44. The minimum absolute atomic E-state index is 0.0118. The molecule has 1 N–H and O–H groups in total. The molecule has 2 aromatic heterocycles. The van der Waals surface area contributed by atoms with E-state index >= 15 is 0 Å². The summed E-state index contributed by atoms with van der Waals surface area (Å²) in [5.41, 5.74) is 3.36. The molecule has 0 aliphatic carbocycles. The van der Waals surface area contributed by atoms with Gasteiger partial charge in [0.25, 0.3) is 5.91 Å². The van der Waals surface area contributed by atoms with Crippen LogP contribution in [-0.2, 0) is 9.59 Å². The quantitative estimate of drug-likeness (QED) is 0.314. The number of amides is 1. The second kappa shape index (κ2) is 9.81. The smallest absolute Gasteiger partial charge is 0.295 e. The summed E-state index contributed by atoms with van der Waals surface area (Å²) < 4.78 is 1.70. The van der Waals surface area contributed by atoms with Gasteiger partial charge >= 0.3 is 0 Å². The number of quaternary nitrogens is 1. The van der Waals surface area contributed by atoms with Crippen LogP contribution in [0.1, 0.15) is 48.8 Å². The van der Waals surface area contributed by atoms with E-state index in [2.05, 4.69) is 18.8 Å². The summed E-state index contributed by atoms with van der Waals surface area (Å²) in [5, 5.41) is 13.9. The minimum Gasteiger partial charge on any atom is -0.871 e. The number of carbonyl (C=O) groups is 2. The first kappa shape index (κ1) is 23.7. The van der Waals surface area contributed by atoms with Crippen LogP contribution in [0.4, 0.5) is 0 Å². The molecule has 1 aromatic carbocycles. The average molecular weight is 461 g/mol. The maximum atomic E-state index is 13.9. The van der Waals surface area contributed by atoms with Crippen LogP contribution in [0.2, 0.25) is 0 Å². The van der Waals surface area contributed by atoms with Crippen LogP contribution in [0.25, 0.3) is 11.4 Å². The van der Waals surface area contributed by atoms with Gasteiger partial charge in [0.15, 0.2) is 0 Å². The van der Waals surface area contributed by atoms with Gasteiger partial charge in [0, 0.05) is 24.7 Å². The number of aromatic nitrogens is 2. The topological polar surface area (TPSA) is 82.2 Å². The number of benzene rings is 1. The number of hydrogen-bond acceptors (Lipinski definition) is 4. The molecule has 3 aromatic rings. The third-order valence-corrected chi connectivity index (χ3v) is 6.77. The minimum atomic E-state index is -0.712. The van der Waals surface area contributed by atoms with Crippen LogP contribution in [0.5, 0.6) is 0 Å². The van der Waals surface area contributed by atoms with E-state index in [4.69, 9.17) is 0 Å². The molecule has 1 saturated heterocycles. The van der Waals surface area contributed by atoms with E-state index in [0.717, 1.165) is 37.2 Å². The number of rotatable bonds is 8. The Balaban J connectivity index is 1.81. The van der Waals surface area contributed by atoms with E-state index in [1.54, 1.807) is 22.4 Å². The van der Waals surface area contributed by atoms with Gasteiger partial charge in [0.2, 0.25) is 5.78 Å². The summed E-state index contributed by atoms with van der Waals surface area (Å²) in [6.07, 6.45) is 2.52. The number of carbonyl (C=O) groups excluding carboxylic acids is 2. The number of likely N-dealkylation sites (tertiary alicyclic amines) is 1. The SMILES string of the molecule is CC[NH+](CC)CCCN1C(=O)C(=O)C(=C([O-])c2c(C)nc3ccccn23)C1c1ccc(C)cc1. The lowest BCUT2D eigenvalue weighted by molar-refractivity contribution is -0.896. The Morgan fingerprint density at radius 3 is 2.44 bits per heavy atom. The second-order valence-electron chi connectivity index (χ2n) is 8.92. The van der Waals surface area contributed by atoms with Crippen molar-refractivity contribution >= 4 is 23.1 Å². The fourth-order valence-corrected chi connectivity index (χ4v) is 4.81. The first-order chi connectivity index (χ1) is 16.4. The Morgan fingerprint density at radius 1 is 1.06 bits per heavy atom. The van der Waals surface area contributed by atoms with Crippen LogP contribution in [0.3, 0.4) is 0 Å². The van der Waals surface area contributed by atoms with Gasteiger partial charge in [-0.1, -0.05) is 41.7 Å². The number of nitrogens with zero attached hydrogens (tertiary/aromatic N) is 3. The molecule has 1 fully saturated rings. The van der Waals surface area contributed by atoms with E-state index in [9.17, 15) is 14.7 Å². The van der Waals surface area contributed by atoms with Gasteiger partial charge in [-0.15, -0.1) is 0 Å². The summed E-state index contributed by atoms with van der Waals surface area (Å²) in [6.45, 7) is 11.4. The Morgan fingerprint density at radius 2 is 1.76 bits per heavy atom. The lowest BCUT2D eigenvalue weighted by Gasteiger charge is -2.28. The van der Waals surface area contributed by atoms with Crippen molar-refractivity contribution < 1.29 is 19.6 Å². The van der Waals surface area contributed by atoms with Gasteiger partial charge in [-0.25, -0.2) is 4.98 Å². The van der Waals surface area contributed by atoms with Gasteiger partial charge in [-0.05, 0) is 45.4 Å². The highest BCUT2D eigenvalue weighted by Crippen LogP contribution is 2.39. The molecule has 1 aliphatic heterocycles. The van der Waals surface area contributed by atoms with Crippen molar-refractivity contribution in [3.63, 3.8) is 0 Å². The summed E-state index contributed by atoms with van der Waals surface area (Å²) in [4.78, 5) is 34.0. The number of imidazole rings is 1. The Bertz CT molecular complexity index is 1240. The zero-order valence-electron chi connectivity index (χ0n) is 20.3. The van der Waals surface area contributed by atoms with E-state index < -0.39 is 23.5 Å². The first-order valence-electron chi connectivity index (χ1n) is 12.0. The molecule has 3 heterocycles. The largest absolute Gasteiger partial charge is 0.871 e. The lowest BCUT2D eigenvalue weighted by Crippen LogP contribution is -3.11. The lowest BCUT2D eigenvalue weighted by atomic mass is 9.95. The molecule has 4 rings (SSSR count). The second-order valence-corrected chi connectivity index (χ2v) is 8.92. The number of fused-ring (bicyclic) bond motifs is 1. The van der Waals surface area contributed by atoms with Crippen molar-refractivity contribution in [1.29, 1.82) is 0 Å². The Kier molecular flexibility index (Phi) is 6.84. The summed E-state index contributed by atoms with van der Waals surface area (Å²) in [6, 6.07) is 12.5. The summed E-state index contributed by atoms with van der Waals surface area (Å²) >= 11 is 0. The molecule has 0 saturated carbocycles. The number of Topliss-reactive ketones (excluding diaryl/α,β-unsaturated/α-hetero) is 1. The maximum Gasteiger partial charge on any atom is 0.295 e. The van der Waals surface area contributed by atoms with E-state index in [1.165, 1.54) is 4.90 Å². The summed E-state index contributed by atoms with van der Waals surface area (Å²) in [7, 11) is 0. The van der Waals surface area contributed by atoms with Crippen LogP contribution >= 0.6 is 0 Å². The fraction of sp³-hybridized carbons (Fsp3) is 0.370. The molecule has 1 unspecified atom stereocenters. The number of pyridine rings is 1. The molecule has 0 bridgehead atoms. The van der Waals surface area contributed by atoms with Gasteiger partial charge in [-0.2, -0.15) is 0 Å². The molecule has 7 heteroatoms. The van der Waals surface area contributed by atoms with Crippen molar-refractivity contribution in [2.24, 2.45) is 0 Å². The molecule has 34 heavy (non-hydrogen) atoms. The molecule has 7 nitrogen and oxygen atoms in total. The van der Waals surface area contributed by atoms with Gasteiger partial charge in [-0.3, -0.25) is 9.59 Å². The normalized spacial score (nSPS) is 17.9. The predicted octanol–water partition coefficient (Wildman–Crippen LogP) is 1.49. The number of hydrogen-bond donors (Lipinski definition) is 1. The molecular weight excluding hydrogens is 428 g/mol. The predicted molar refractivity (Wildman–Crippen MR) is 129 cm³/mol. The van der Waals surface area contributed by atoms with Crippen LogP contribution < -0.4 is 10.0 Å². The van der Waals surface area contributed by atoms with Crippen molar-refractivity contribution in [3.8, 4) is 0 Å². The molecule has 1 aliphatic rings. The molecule has 178 valence electrons. The van der Waals surface area contributed by atoms with Crippen molar-refractivity contribution in [2.75, 3.05) is 26.2 Å². The molecule has 1 amide bonds. The van der Waals surface area contributed by atoms with Crippen LogP contribution in [0.15, 0.2) is 54.2 Å². The standard InChI is InChI=1S/C27H32N4O3/c1-5-29(6-2)15-9-17-31-24(20-13-11-18(3)12-14-20)22(26(33)27(31)34)25(32)23-19(4)28-21-10-7-8-16-30(21)23/h7-8,10-14,16,24,32H,5-6,9,15,17H2,1-4H3. The van der Waals surface area contributed by atoms with Crippen molar-refractivity contribution in [3.05, 3.63) is 76.7 Å². The van der Waals surface area contributed by atoms with Gasteiger partial charge in [0.1, 0.15) is 5.65 Å². The zero-order valence-corrected chi connectivity index (χ0v) is 20.3. The molecule has 0 spiro atoms. The molecular formula is C27H32N4O3. The highest BCUT2D eigenvalue weighted by atomic mass is 16.3. The number of nitrogens with one attached hydrogen (secondary N) is 1. The average Bonchev–Trinajstić information content (AvgIpc) is 3.30. The van der Waals surface area contributed by atoms with Gasteiger partial charge < -0.3 is 19.3 Å². The Labute approximate surface area is 200 Å². The first-order valence-corrected chi connectivity index (χ1v) is 12.0. The number of ketones is 1. The third-order valence-electron chi connectivity index (χ3n) is 6.77. The monoisotopic (exact) mass is 460 g/mol. The highest BCUT2D eigenvalue weighted by molar-refractivity contribution is 6.46. The zero-order chi connectivity index (χ0) is 24.4. The van der Waals surface area contributed by atoms with E-state index in [1.807, 2.05) is 49.4 Å². The number of aryl methyl sites for hydroxylation is 2. The molecule has 0 radical (unpaired) electrons. The van der Waals surface area contributed by atoms with Crippen molar-refractivity contribution in [2.45, 2.75) is 40.2 Å². The van der Waals surface area contributed by atoms with Crippen LogP contribution in [0, 0.1) is 13.8 Å². The van der Waals surface area contributed by atoms with E-state index in [0.29, 0.717) is 23.6 Å². The Hall–Kier alpha value is -3.45. The van der Waals surface area contributed by atoms with Crippen molar-refractivity contribution in [1.82, 2.24) is 14.3 Å². The van der Waals surface area contributed by atoms with Gasteiger partial charge in [0.05, 0.1) is 37.1 Å². The van der Waals surface area contributed by atoms with Crippen LogP contribution in [-0.4, -0.2) is 52.2 Å². The fourth-order valence-electron chi connectivity index (χ4n) is 4.81. The van der Waals surface area contributed by atoms with E-state index in [-0.39, 0.29) is 5.57 Å². The third kappa shape index (κ3) is 4.23.